The lowest BCUT2D eigenvalue weighted by molar-refractivity contribution is -0.127. The Labute approximate surface area is 188 Å². The maximum atomic E-state index is 15.4. The minimum absolute atomic E-state index is 0.0210. The molecular formula is C21H26BrFN6O2. The van der Waals surface area contributed by atoms with Crippen molar-refractivity contribution in [3.8, 4) is 0 Å². The first-order valence-electron chi connectivity index (χ1n) is 10.6. The highest BCUT2D eigenvalue weighted by atomic mass is 79.9. The van der Waals surface area contributed by atoms with Crippen molar-refractivity contribution in [3.63, 3.8) is 0 Å². The van der Waals surface area contributed by atoms with Gasteiger partial charge in [0, 0.05) is 38.3 Å². The summed E-state index contributed by atoms with van der Waals surface area (Å²) in [7, 11) is 5.91. The zero-order valence-electron chi connectivity index (χ0n) is 17.9. The molecule has 2 fully saturated rings. The lowest BCUT2D eigenvalue weighted by Gasteiger charge is -2.23. The van der Waals surface area contributed by atoms with Gasteiger partial charge in [0.05, 0.1) is 23.1 Å². The van der Waals surface area contributed by atoms with Gasteiger partial charge in [0.1, 0.15) is 17.4 Å². The number of hydrogen-bond acceptors (Lipinski definition) is 7. The van der Waals surface area contributed by atoms with E-state index in [0.717, 1.165) is 30.6 Å². The number of rotatable bonds is 4. The number of benzene rings is 1. The fraction of sp³-hybridized carbons (Fsp3) is 0.571. The first-order valence-corrected chi connectivity index (χ1v) is 11.4. The molecule has 3 aliphatic rings. The third-order valence-corrected chi connectivity index (χ3v) is 7.46. The summed E-state index contributed by atoms with van der Waals surface area (Å²) in [5.41, 5.74) is 1.92. The smallest absolute Gasteiger partial charge is 0.244 e. The van der Waals surface area contributed by atoms with E-state index in [0.29, 0.717) is 53.8 Å². The van der Waals surface area contributed by atoms with Gasteiger partial charge in [-0.25, -0.2) is 9.37 Å². The van der Waals surface area contributed by atoms with Gasteiger partial charge < -0.3 is 24.8 Å². The standard InChI is InChI=1S/C21H26BrFN6O2/c1-27(2)11-4-7-29(8-11)21-25-18-15(12-9-31-10-13(12)16(22)17(18)23)19(26-21)24-14-5-6-28(3)20(14)30/h11,14H,4-10H2,1-3H3,(H,24,25,26)/t11-,14+/m0/s1. The third-order valence-electron chi connectivity index (χ3n) is 6.64. The van der Waals surface area contributed by atoms with Crippen LogP contribution in [-0.4, -0.2) is 78.5 Å². The van der Waals surface area contributed by atoms with Gasteiger partial charge in [-0.15, -0.1) is 0 Å². The van der Waals surface area contributed by atoms with Gasteiger partial charge in [-0.1, -0.05) is 0 Å². The number of ether oxygens (including phenoxy) is 1. The third kappa shape index (κ3) is 3.44. The molecule has 1 aromatic heterocycles. The average molecular weight is 493 g/mol. The molecule has 10 heteroatoms. The lowest BCUT2D eigenvalue weighted by Crippen LogP contribution is -2.33. The molecule has 0 saturated carbocycles. The minimum atomic E-state index is -0.413. The predicted octanol–water partition coefficient (Wildman–Crippen LogP) is 2.34. The normalized spacial score (nSPS) is 23.5. The van der Waals surface area contributed by atoms with E-state index in [-0.39, 0.29) is 17.5 Å². The summed E-state index contributed by atoms with van der Waals surface area (Å²) in [6, 6.07) is 0.0134. The van der Waals surface area contributed by atoms with Gasteiger partial charge in [-0.3, -0.25) is 4.79 Å². The van der Waals surface area contributed by atoms with E-state index in [2.05, 4.69) is 50.1 Å². The van der Waals surface area contributed by atoms with Gasteiger partial charge >= 0.3 is 0 Å². The van der Waals surface area contributed by atoms with Crippen molar-refractivity contribution in [2.45, 2.75) is 38.1 Å². The number of likely N-dealkylation sites (N-methyl/N-ethyl adjacent to an activating group) is 2. The molecule has 3 aliphatic heterocycles. The number of fused-ring (bicyclic) bond motifs is 3. The first-order chi connectivity index (χ1) is 14.8. The summed E-state index contributed by atoms with van der Waals surface area (Å²) in [6.45, 7) is 2.97. The van der Waals surface area contributed by atoms with E-state index in [4.69, 9.17) is 9.72 Å². The average Bonchev–Trinajstić information content (AvgIpc) is 3.49. The number of hydrogen-bond donors (Lipinski definition) is 1. The van der Waals surface area contributed by atoms with E-state index in [1.54, 1.807) is 11.9 Å². The molecule has 0 radical (unpaired) electrons. The van der Waals surface area contributed by atoms with Crippen molar-refractivity contribution < 1.29 is 13.9 Å². The van der Waals surface area contributed by atoms with Crippen LogP contribution in [0, 0.1) is 5.82 Å². The first kappa shape index (κ1) is 20.8. The molecule has 2 saturated heterocycles. The highest BCUT2D eigenvalue weighted by Gasteiger charge is 2.33. The molecule has 0 unspecified atom stereocenters. The quantitative estimate of drug-likeness (QED) is 0.701. The number of carbonyl (C=O) groups is 1. The Morgan fingerprint density at radius 3 is 2.65 bits per heavy atom. The molecule has 0 aliphatic carbocycles. The molecule has 0 bridgehead atoms. The fourth-order valence-electron chi connectivity index (χ4n) is 4.69. The van der Waals surface area contributed by atoms with Crippen molar-refractivity contribution >= 4 is 44.5 Å². The second-order valence-electron chi connectivity index (χ2n) is 8.77. The predicted molar refractivity (Wildman–Crippen MR) is 120 cm³/mol. The maximum absolute atomic E-state index is 15.4. The zero-order valence-corrected chi connectivity index (χ0v) is 19.5. The van der Waals surface area contributed by atoms with Crippen LogP contribution >= 0.6 is 15.9 Å². The summed E-state index contributed by atoms with van der Waals surface area (Å²) in [4.78, 5) is 28.0. The number of nitrogens with zero attached hydrogens (tertiary/aromatic N) is 5. The number of halogens is 2. The SMILES string of the molecule is CN1CC[C@@H](Nc2nc(N3CC[C@H](N(C)C)C3)nc3c(F)c(Br)c4c(c23)COC4)C1=O. The van der Waals surface area contributed by atoms with Crippen LogP contribution in [0.3, 0.4) is 0 Å². The number of nitrogens with one attached hydrogen (secondary N) is 1. The van der Waals surface area contributed by atoms with Crippen molar-refractivity contribution in [1.29, 1.82) is 0 Å². The van der Waals surface area contributed by atoms with Gasteiger partial charge in [-0.05, 0) is 48.4 Å². The van der Waals surface area contributed by atoms with E-state index in [9.17, 15) is 4.79 Å². The molecule has 8 nitrogen and oxygen atoms in total. The molecule has 166 valence electrons. The highest BCUT2D eigenvalue weighted by molar-refractivity contribution is 9.10. The fourth-order valence-corrected chi connectivity index (χ4v) is 5.23. The van der Waals surface area contributed by atoms with Crippen LogP contribution in [0.15, 0.2) is 4.47 Å². The molecule has 31 heavy (non-hydrogen) atoms. The van der Waals surface area contributed by atoms with Crippen molar-refractivity contribution in [2.75, 3.05) is 51.0 Å². The van der Waals surface area contributed by atoms with Crippen LogP contribution < -0.4 is 10.2 Å². The van der Waals surface area contributed by atoms with Crippen LogP contribution in [0.1, 0.15) is 24.0 Å². The second-order valence-corrected chi connectivity index (χ2v) is 9.56. The Hall–Kier alpha value is -2.04. The van der Waals surface area contributed by atoms with Crippen molar-refractivity contribution in [3.05, 3.63) is 21.4 Å². The second kappa shape index (κ2) is 7.83. The van der Waals surface area contributed by atoms with E-state index < -0.39 is 5.82 Å². The van der Waals surface area contributed by atoms with E-state index in [1.807, 2.05) is 0 Å². The number of anilines is 2. The molecular weight excluding hydrogens is 467 g/mol. The molecule has 4 heterocycles. The lowest BCUT2D eigenvalue weighted by atomic mass is 10.0. The van der Waals surface area contributed by atoms with Gasteiger partial charge in [0.2, 0.25) is 11.9 Å². The Morgan fingerprint density at radius 1 is 1.19 bits per heavy atom. The van der Waals surface area contributed by atoms with E-state index in [1.165, 1.54) is 0 Å². The molecule has 1 amide bonds. The molecule has 0 spiro atoms. The van der Waals surface area contributed by atoms with Gasteiger partial charge in [0.25, 0.3) is 0 Å². The van der Waals surface area contributed by atoms with Crippen LogP contribution in [0.25, 0.3) is 10.9 Å². The molecule has 5 rings (SSSR count). The van der Waals surface area contributed by atoms with Crippen molar-refractivity contribution in [2.24, 2.45) is 0 Å². The van der Waals surface area contributed by atoms with Gasteiger partial charge in [0.15, 0.2) is 5.82 Å². The zero-order chi connectivity index (χ0) is 21.9. The number of aromatic nitrogens is 2. The molecule has 1 aromatic carbocycles. The summed E-state index contributed by atoms with van der Waals surface area (Å²) < 4.78 is 21.5. The van der Waals surface area contributed by atoms with Crippen LogP contribution in [-0.2, 0) is 22.7 Å². The molecule has 1 N–H and O–H groups in total. The van der Waals surface area contributed by atoms with Crippen LogP contribution in [0.5, 0.6) is 0 Å². The topological polar surface area (TPSA) is 73.8 Å². The maximum Gasteiger partial charge on any atom is 0.244 e. The monoisotopic (exact) mass is 492 g/mol. The van der Waals surface area contributed by atoms with Crippen LogP contribution in [0.4, 0.5) is 16.2 Å². The van der Waals surface area contributed by atoms with Gasteiger partial charge in [-0.2, -0.15) is 4.98 Å². The molecule has 2 atom stereocenters. The number of likely N-dealkylation sites (tertiary alicyclic amines) is 1. The van der Waals surface area contributed by atoms with Crippen molar-refractivity contribution in [1.82, 2.24) is 19.8 Å². The Bertz CT molecular complexity index is 1060. The summed E-state index contributed by atoms with van der Waals surface area (Å²) in [5, 5.41) is 3.93. The highest BCUT2D eigenvalue weighted by Crippen LogP contribution is 2.40. The summed E-state index contributed by atoms with van der Waals surface area (Å²) in [6.07, 6.45) is 1.67. The number of amides is 1. The summed E-state index contributed by atoms with van der Waals surface area (Å²) >= 11 is 3.40. The van der Waals surface area contributed by atoms with E-state index >= 15 is 4.39 Å². The number of carbonyl (C=O) groups excluding carboxylic acids is 1. The Kier molecular flexibility index (Phi) is 5.26. The van der Waals surface area contributed by atoms with Crippen LogP contribution in [0.2, 0.25) is 0 Å². The molecule has 2 aromatic rings. The Balaban J connectivity index is 1.64. The Morgan fingerprint density at radius 2 is 1.97 bits per heavy atom. The minimum Gasteiger partial charge on any atom is -0.372 e. The largest absolute Gasteiger partial charge is 0.372 e. The summed E-state index contributed by atoms with van der Waals surface area (Å²) in [5.74, 6) is 0.606.